The van der Waals surface area contributed by atoms with Crippen LogP contribution in [0.25, 0.3) is 0 Å². The van der Waals surface area contributed by atoms with Crippen LogP contribution in [0.1, 0.15) is 39.2 Å². The molecule has 1 N–H and O–H groups in total. The molecule has 1 aromatic rings. The summed E-state index contributed by atoms with van der Waals surface area (Å²) >= 11 is 0. The van der Waals surface area contributed by atoms with Gasteiger partial charge in [0.05, 0.1) is 0 Å². The molecule has 100 valence electrons. The quantitative estimate of drug-likeness (QED) is 0.875. The number of hydrogen-bond acceptors (Lipinski definition) is 2. The molecule has 2 nitrogen and oxygen atoms in total. The molecular formula is C16H26N2. The van der Waals surface area contributed by atoms with Gasteiger partial charge in [-0.25, -0.2) is 0 Å². The van der Waals surface area contributed by atoms with Gasteiger partial charge in [-0.15, -0.1) is 0 Å². The van der Waals surface area contributed by atoms with E-state index in [9.17, 15) is 0 Å². The fourth-order valence-corrected chi connectivity index (χ4v) is 2.77. The maximum atomic E-state index is 3.37. The van der Waals surface area contributed by atoms with Crippen LogP contribution in [0.2, 0.25) is 0 Å². The fraction of sp³-hybridized carbons (Fsp3) is 0.625. The van der Waals surface area contributed by atoms with E-state index in [1.165, 1.54) is 30.6 Å². The predicted molar refractivity (Wildman–Crippen MR) is 79.0 cm³/mol. The van der Waals surface area contributed by atoms with Crippen LogP contribution in [0.4, 0.5) is 5.69 Å². The first-order valence-electron chi connectivity index (χ1n) is 7.28. The van der Waals surface area contributed by atoms with Crippen LogP contribution in [-0.4, -0.2) is 19.1 Å². The zero-order valence-electron chi connectivity index (χ0n) is 11.9. The van der Waals surface area contributed by atoms with E-state index in [1.807, 2.05) is 0 Å². The fourth-order valence-electron chi connectivity index (χ4n) is 2.77. The zero-order chi connectivity index (χ0) is 13.0. The van der Waals surface area contributed by atoms with Crippen LogP contribution in [0.5, 0.6) is 0 Å². The van der Waals surface area contributed by atoms with Crippen molar-refractivity contribution in [3.8, 4) is 0 Å². The highest BCUT2D eigenvalue weighted by Gasteiger charge is 2.24. The van der Waals surface area contributed by atoms with Gasteiger partial charge in [0, 0.05) is 24.8 Å². The third kappa shape index (κ3) is 3.05. The van der Waals surface area contributed by atoms with E-state index < -0.39 is 0 Å². The summed E-state index contributed by atoms with van der Waals surface area (Å²) < 4.78 is 0. The minimum absolute atomic E-state index is 0.665. The molecule has 0 aromatic heterocycles. The Hall–Kier alpha value is -1.02. The van der Waals surface area contributed by atoms with E-state index in [0.717, 1.165) is 19.0 Å². The van der Waals surface area contributed by atoms with Crippen molar-refractivity contribution in [3.05, 3.63) is 29.8 Å². The molecule has 0 saturated carbocycles. The smallest absolute Gasteiger partial charge is 0.0368 e. The Bertz CT molecular complexity index is 358. The van der Waals surface area contributed by atoms with Crippen LogP contribution < -0.4 is 10.2 Å². The Kier molecular flexibility index (Phi) is 4.65. The van der Waals surface area contributed by atoms with Crippen LogP contribution >= 0.6 is 0 Å². The summed E-state index contributed by atoms with van der Waals surface area (Å²) in [6, 6.07) is 9.73. The second-order valence-corrected chi connectivity index (χ2v) is 5.50. The van der Waals surface area contributed by atoms with Crippen molar-refractivity contribution in [1.82, 2.24) is 5.32 Å². The molecule has 1 aromatic carbocycles. The molecule has 2 rings (SSSR count). The van der Waals surface area contributed by atoms with E-state index >= 15 is 0 Å². The van der Waals surface area contributed by atoms with Crippen LogP contribution in [0.15, 0.2) is 24.3 Å². The van der Waals surface area contributed by atoms with Crippen molar-refractivity contribution in [3.63, 3.8) is 0 Å². The standard InChI is InChI=1S/C16H26N2/c1-4-17-12-15-7-9-16(10-8-15)18-11-5-6-13(2)14(18)3/h7-10,13-14,17H,4-6,11-12H2,1-3H3. The number of hydrogen-bond donors (Lipinski definition) is 1. The van der Waals surface area contributed by atoms with Gasteiger partial charge in [0.25, 0.3) is 0 Å². The first-order chi connectivity index (χ1) is 8.72. The molecule has 0 amide bonds. The van der Waals surface area contributed by atoms with Gasteiger partial charge in [-0.05, 0) is 49.9 Å². The molecule has 0 aliphatic carbocycles. The molecule has 0 spiro atoms. The third-order valence-corrected chi connectivity index (χ3v) is 4.22. The van der Waals surface area contributed by atoms with E-state index in [2.05, 4.69) is 55.3 Å². The number of anilines is 1. The van der Waals surface area contributed by atoms with Gasteiger partial charge < -0.3 is 10.2 Å². The molecule has 18 heavy (non-hydrogen) atoms. The molecule has 1 aliphatic rings. The lowest BCUT2D eigenvalue weighted by atomic mass is 9.91. The minimum Gasteiger partial charge on any atom is -0.369 e. The van der Waals surface area contributed by atoms with Gasteiger partial charge >= 0.3 is 0 Å². The average molecular weight is 246 g/mol. The number of piperidine rings is 1. The number of rotatable bonds is 4. The monoisotopic (exact) mass is 246 g/mol. The van der Waals surface area contributed by atoms with Crippen molar-refractivity contribution >= 4 is 5.69 Å². The van der Waals surface area contributed by atoms with Crippen LogP contribution in [0, 0.1) is 5.92 Å². The molecule has 2 unspecified atom stereocenters. The van der Waals surface area contributed by atoms with Crippen molar-refractivity contribution < 1.29 is 0 Å². The maximum absolute atomic E-state index is 3.37. The summed E-state index contributed by atoms with van der Waals surface area (Å²) in [6.45, 7) is 10.1. The molecular weight excluding hydrogens is 220 g/mol. The van der Waals surface area contributed by atoms with E-state index in [0.29, 0.717) is 6.04 Å². The molecule has 0 radical (unpaired) electrons. The lowest BCUT2D eigenvalue weighted by Crippen LogP contribution is -2.42. The van der Waals surface area contributed by atoms with Crippen molar-refractivity contribution in [2.75, 3.05) is 18.0 Å². The second-order valence-electron chi connectivity index (χ2n) is 5.50. The Balaban J connectivity index is 2.04. The Morgan fingerprint density at radius 2 is 1.94 bits per heavy atom. The lowest BCUT2D eigenvalue weighted by Gasteiger charge is -2.39. The molecule has 1 heterocycles. The molecule has 1 saturated heterocycles. The maximum Gasteiger partial charge on any atom is 0.0368 e. The highest BCUT2D eigenvalue weighted by molar-refractivity contribution is 5.49. The van der Waals surface area contributed by atoms with Crippen LogP contribution in [0.3, 0.4) is 0 Å². The Labute approximate surface area is 111 Å². The van der Waals surface area contributed by atoms with Gasteiger partial charge in [-0.3, -0.25) is 0 Å². The van der Waals surface area contributed by atoms with E-state index in [1.54, 1.807) is 0 Å². The molecule has 1 fully saturated rings. The largest absolute Gasteiger partial charge is 0.369 e. The Morgan fingerprint density at radius 3 is 2.61 bits per heavy atom. The van der Waals surface area contributed by atoms with Gasteiger partial charge in [-0.2, -0.15) is 0 Å². The van der Waals surface area contributed by atoms with Crippen molar-refractivity contribution in [2.45, 2.75) is 46.2 Å². The second kappa shape index (κ2) is 6.24. The molecule has 2 atom stereocenters. The summed E-state index contributed by atoms with van der Waals surface area (Å²) in [5.41, 5.74) is 2.76. The number of nitrogens with one attached hydrogen (secondary N) is 1. The van der Waals surface area contributed by atoms with Crippen LogP contribution in [-0.2, 0) is 6.54 Å². The first kappa shape index (κ1) is 13.4. The zero-order valence-corrected chi connectivity index (χ0v) is 11.9. The summed E-state index contributed by atoms with van der Waals surface area (Å²) in [4.78, 5) is 2.56. The third-order valence-electron chi connectivity index (χ3n) is 4.22. The summed E-state index contributed by atoms with van der Waals surface area (Å²) in [6.07, 6.45) is 2.70. The van der Waals surface area contributed by atoms with Gasteiger partial charge in [-0.1, -0.05) is 26.0 Å². The number of benzene rings is 1. The topological polar surface area (TPSA) is 15.3 Å². The van der Waals surface area contributed by atoms with E-state index in [-0.39, 0.29) is 0 Å². The lowest BCUT2D eigenvalue weighted by molar-refractivity contribution is 0.363. The molecule has 1 aliphatic heterocycles. The highest BCUT2D eigenvalue weighted by atomic mass is 15.2. The predicted octanol–water partition coefficient (Wildman–Crippen LogP) is 3.42. The molecule has 2 heteroatoms. The van der Waals surface area contributed by atoms with Gasteiger partial charge in [0.15, 0.2) is 0 Å². The van der Waals surface area contributed by atoms with Gasteiger partial charge in [0.1, 0.15) is 0 Å². The van der Waals surface area contributed by atoms with Gasteiger partial charge in [0.2, 0.25) is 0 Å². The van der Waals surface area contributed by atoms with Crippen molar-refractivity contribution in [1.29, 1.82) is 0 Å². The summed E-state index contributed by atoms with van der Waals surface area (Å²) in [5.74, 6) is 0.806. The number of nitrogens with zero attached hydrogens (tertiary/aromatic N) is 1. The summed E-state index contributed by atoms with van der Waals surface area (Å²) in [5, 5.41) is 3.37. The molecule has 0 bridgehead atoms. The normalized spacial score (nSPS) is 24.3. The first-order valence-corrected chi connectivity index (χ1v) is 7.28. The van der Waals surface area contributed by atoms with Crippen molar-refractivity contribution in [2.24, 2.45) is 5.92 Å². The average Bonchev–Trinajstić information content (AvgIpc) is 2.40. The van der Waals surface area contributed by atoms with E-state index in [4.69, 9.17) is 0 Å². The minimum atomic E-state index is 0.665. The highest BCUT2D eigenvalue weighted by Crippen LogP contribution is 2.28. The Morgan fingerprint density at radius 1 is 1.22 bits per heavy atom. The summed E-state index contributed by atoms with van der Waals surface area (Å²) in [7, 11) is 0. The SMILES string of the molecule is CCNCc1ccc(N2CCCC(C)C2C)cc1.